The molecule has 0 saturated heterocycles. The average Bonchev–Trinajstić information content (AvgIpc) is 2.66. The molecule has 0 radical (unpaired) electrons. The van der Waals surface area contributed by atoms with Gasteiger partial charge in [-0.2, -0.15) is 0 Å². The van der Waals surface area contributed by atoms with Crippen LogP contribution < -0.4 is 5.32 Å². The van der Waals surface area contributed by atoms with Crippen LogP contribution in [-0.4, -0.2) is 5.91 Å². The smallest absolute Gasteiger partial charge is 0.231 e. The molecule has 1 aromatic carbocycles. The molecule has 86 valence electrons. The molecule has 0 saturated carbocycles. The van der Waals surface area contributed by atoms with Crippen LogP contribution in [-0.2, 0) is 11.3 Å². The summed E-state index contributed by atoms with van der Waals surface area (Å²) < 4.78 is 0. The Labute approximate surface area is 101 Å². The van der Waals surface area contributed by atoms with Crippen molar-refractivity contribution in [3.05, 3.63) is 72.4 Å². The van der Waals surface area contributed by atoms with Crippen LogP contribution in [0.5, 0.6) is 0 Å². The van der Waals surface area contributed by atoms with Crippen molar-refractivity contribution in [2.75, 3.05) is 0 Å². The first-order valence-corrected chi connectivity index (χ1v) is 5.69. The molecule has 1 aliphatic rings. The summed E-state index contributed by atoms with van der Waals surface area (Å²) in [5.74, 6) is -0.140. The van der Waals surface area contributed by atoms with Crippen molar-refractivity contribution in [2.24, 2.45) is 5.92 Å². The van der Waals surface area contributed by atoms with Gasteiger partial charge in [-0.1, -0.05) is 66.8 Å². The SMILES string of the molecule is O=C(NCc1ccccc1)C1C=CC=CC=C1. The van der Waals surface area contributed by atoms with E-state index < -0.39 is 0 Å². The molecule has 0 aromatic heterocycles. The first-order chi connectivity index (χ1) is 8.36. The molecule has 0 aliphatic heterocycles. The molecule has 17 heavy (non-hydrogen) atoms. The number of nitrogens with one attached hydrogen (secondary N) is 1. The summed E-state index contributed by atoms with van der Waals surface area (Å²) in [4.78, 5) is 11.9. The number of benzene rings is 1. The molecule has 0 bridgehead atoms. The Kier molecular flexibility index (Phi) is 3.92. The molecular formula is C15H15NO. The van der Waals surface area contributed by atoms with E-state index in [1.165, 1.54) is 0 Å². The lowest BCUT2D eigenvalue weighted by atomic mass is 10.1. The monoisotopic (exact) mass is 225 g/mol. The van der Waals surface area contributed by atoms with Crippen molar-refractivity contribution in [3.8, 4) is 0 Å². The van der Waals surface area contributed by atoms with E-state index >= 15 is 0 Å². The maximum atomic E-state index is 11.9. The van der Waals surface area contributed by atoms with Crippen LogP contribution in [0.3, 0.4) is 0 Å². The third kappa shape index (κ3) is 3.45. The van der Waals surface area contributed by atoms with Gasteiger partial charge in [-0.3, -0.25) is 4.79 Å². The fourth-order valence-electron chi connectivity index (χ4n) is 1.64. The molecule has 1 aliphatic carbocycles. The summed E-state index contributed by atoms with van der Waals surface area (Å²) >= 11 is 0. The van der Waals surface area contributed by atoms with Gasteiger partial charge in [-0.15, -0.1) is 0 Å². The summed E-state index contributed by atoms with van der Waals surface area (Å²) in [7, 11) is 0. The molecule has 0 spiro atoms. The highest BCUT2D eigenvalue weighted by atomic mass is 16.1. The van der Waals surface area contributed by atoms with E-state index in [1.54, 1.807) is 0 Å². The maximum absolute atomic E-state index is 11.9. The Morgan fingerprint density at radius 2 is 1.65 bits per heavy atom. The molecule has 1 aromatic rings. The van der Waals surface area contributed by atoms with E-state index in [1.807, 2.05) is 66.8 Å². The summed E-state index contributed by atoms with van der Waals surface area (Å²) in [6.07, 6.45) is 11.4. The molecule has 1 amide bonds. The Hall–Kier alpha value is -2.09. The van der Waals surface area contributed by atoms with Gasteiger partial charge in [0, 0.05) is 6.54 Å². The minimum atomic E-state index is -0.172. The van der Waals surface area contributed by atoms with E-state index in [9.17, 15) is 4.79 Å². The number of hydrogen-bond donors (Lipinski definition) is 1. The largest absolute Gasteiger partial charge is 0.351 e. The van der Waals surface area contributed by atoms with Gasteiger partial charge in [0.15, 0.2) is 0 Å². The molecule has 2 heteroatoms. The molecular weight excluding hydrogens is 210 g/mol. The van der Waals surface area contributed by atoms with Crippen LogP contribution in [0.1, 0.15) is 5.56 Å². The quantitative estimate of drug-likeness (QED) is 0.841. The van der Waals surface area contributed by atoms with Gasteiger partial charge < -0.3 is 5.32 Å². The lowest BCUT2D eigenvalue weighted by Crippen LogP contribution is -2.28. The van der Waals surface area contributed by atoms with Crippen molar-refractivity contribution in [1.82, 2.24) is 5.32 Å². The highest BCUT2D eigenvalue weighted by Gasteiger charge is 2.11. The number of hydrogen-bond acceptors (Lipinski definition) is 1. The third-order valence-electron chi connectivity index (χ3n) is 2.58. The minimum Gasteiger partial charge on any atom is -0.351 e. The fourth-order valence-corrected chi connectivity index (χ4v) is 1.64. The van der Waals surface area contributed by atoms with Gasteiger partial charge >= 0.3 is 0 Å². The summed E-state index contributed by atoms with van der Waals surface area (Å²) in [5, 5.41) is 2.93. The molecule has 2 nitrogen and oxygen atoms in total. The standard InChI is InChI=1S/C15H15NO/c17-15(14-10-6-1-2-7-11-14)16-12-13-8-4-3-5-9-13/h1-11,14H,12H2,(H,16,17). The first kappa shape index (κ1) is 11.4. The van der Waals surface area contributed by atoms with Crippen LogP contribution in [0.25, 0.3) is 0 Å². The van der Waals surface area contributed by atoms with E-state index in [0.29, 0.717) is 6.54 Å². The number of carbonyl (C=O) groups is 1. The first-order valence-electron chi connectivity index (χ1n) is 5.69. The Bertz CT molecular complexity index is 441. The van der Waals surface area contributed by atoms with Gasteiger partial charge in [-0.25, -0.2) is 0 Å². The molecule has 2 rings (SSSR count). The predicted molar refractivity (Wildman–Crippen MR) is 69.2 cm³/mol. The van der Waals surface area contributed by atoms with E-state index in [0.717, 1.165) is 5.56 Å². The third-order valence-corrected chi connectivity index (χ3v) is 2.58. The van der Waals surface area contributed by atoms with Crippen molar-refractivity contribution in [2.45, 2.75) is 6.54 Å². The van der Waals surface area contributed by atoms with Crippen LogP contribution in [0, 0.1) is 5.92 Å². The molecule has 0 unspecified atom stereocenters. The van der Waals surface area contributed by atoms with Crippen LogP contribution in [0.15, 0.2) is 66.8 Å². The second-order valence-electron chi connectivity index (χ2n) is 3.88. The predicted octanol–water partition coefficient (Wildman–Crippen LogP) is 2.60. The summed E-state index contributed by atoms with van der Waals surface area (Å²) in [5.41, 5.74) is 1.11. The highest BCUT2D eigenvalue weighted by Crippen LogP contribution is 2.06. The van der Waals surface area contributed by atoms with Crippen molar-refractivity contribution >= 4 is 5.91 Å². The second kappa shape index (κ2) is 5.85. The fraction of sp³-hybridized carbons (Fsp3) is 0.133. The number of rotatable bonds is 3. The zero-order valence-electron chi connectivity index (χ0n) is 9.54. The van der Waals surface area contributed by atoms with Crippen molar-refractivity contribution in [1.29, 1.82) is 0 Å². The maximum Gasteiger partial charge on any atom is 0.231 e. The highest BCUT2D eigenvalue weighted by molar-refractivity contribution is 5.82. The van der Waals surface area contributed by atoms with E-state index in [2.05, 4.69) is 5.32 Å². The molecule has 0 fully saturated rings. The Morgan fingerprint density at radius 3 is 2.29 bits per heavy atom. The zero-order valence-corrected chi connectivity index (χ0v) is 9.54. The second-order valence-corrected chi connectivity index (χ2v) is 3.88. The van der Waals surface area contributed by atoms with Crippen molar-refractivity contribution < 1.29 is 4.79 Å². The number of allylic oxidation sites excluding steroid dienone is 4. The van der Waals surface area contributed by atoms with Gasteiger partial charge in [0.1, 0.15) is 0 Å². The van der Waals surface area contributed by atoms with Crippen LogP contribution in [0.4, 0.5) is 0 Å². The number of amides is 1. The normalized spacial score (nSPS) is 14.6. The van der Waals surface area contributed by atoms with Crippen molar-refractivity contribution in [3.63, 3.8) is 0 Å². The molecule has 0 atom stereocenters. The van der Waals surface area contributed by atoms with Gasteiger partial charge in [0.2, 0.25) is 5.91 Å². The summed E-state index contributed by atoms with van der Waals surface area (Å²) in [6, 6.07) is 9.91. The van der Waals surface area contributed by atoms with E-state index in [-0.39, 0.29) is 11.8 Å². The summed E-state index contributed by atoms with van der Waals surface area (Å²) in [6.45, 7) is 0.575. The molecule has 0 heterocycles. The van der Waals surface area contributed by atoms with Gasteiger partial charge in [0.05, 0.1) is 5.92 Å². The zero-order chi connectivity index (χ0) is 11.9. The minimum absolute atomic E-state index is 0.0325. The van der Waals surface area contributed by atoms with E-state index in [4.69, 9.17) is 0 Å². The Balaban J connectivity index is 1.89. The van der Waals surface area contributed by atoms with Gasteiger partial charge in [-0.05, 0) is 5.56 Å². The van der Waals surface area contributed by atoms with Crippen LogP contribution in [0.2, 0.25) is 0 Å². The Morgan fingerprint density at radius 1 is 1.00 bits per heavy atom. The lowest BCUT2D eigenvalue weighted by molar-refractivity contribution is -0.122. The lowest BCUT2D eigenvalue weighted by Gasteiger charge is -2.09. The van der Waals surface area contributed by atoms with Crippen LogP contribution >= 0.6 is 0 Å². The topological polar surface area (TPSA) is 29.1 Å². The average molecular weight is 225 g/mol. The number of carbonyl (C=O) groups excluding carboxylic acids is 1. The van der Waals surface area contributed by atoms with Gasteiger partial charge in [0.25, 0.3) is 0 Å². The molecule has 1 N–H and O–H groups in total.